The first-order chi connectivity index (χ1) is 8.37. The van der Waals surface area contributed by atoms with E-state index in [1.54, 1.807) is 6.92 Å². The van der Waals surface area contributed by atoms with E-state index >= 15 is 0 Å². The van der Waals surface area contributed by atoms with Crippen molar-refractivity contribution >= 4 is 29.1 Å². The number of amides is 1. The number of amidine groups is 1. The molecule has 110 valence electrons. The molecule has 0 aromatic carbocycles. The van der Waals surface area contributed by atoms with Crippen LogP contribution in [0.3, 0.4) is 0 Å². The maximum absolute atomic E-state index is 11.0. The first kappa shape index (κ1) is 17.8. The van der Waals surface area contributed by atoms with E-state index in [4.69, 9.17) is 17.3 Å². The summed E-state index contributed by atoms with van der Waals surface area (Å²) in [5, 5.41) is 11.5. The number of aliphatic imine (C=N–C) groups is 1. The lowest BCUT2D eigenvalue weighted by molar-refractivity contribution is 0.180. The fraction of sp³-hybridized carbons (Fsp3) is 0.769. The molecule has 0 saturated heterocycles. The van der Waals surface area contributed by atoms with Crippen molar-refractivity contribution in [1.82, 2.24) is 10.2 Å². The number of hydrogen-bond donors (Lipinski definition) is 2. The van der Waals surface area contributed by atoms with Gasteiger partial charge in [0.2, 0.25) is 0 Å². The molecule has 19 heavy (non-hydrogen) atoms. The van der Waals surface area contributed by atoms with E-state index in [0.717, 1.165) is 5.84 Å². The van der Waals surface area contributed by atoms with Gasteiger partial charge in [-0.3, -0.25) is 0 Å². The van der Waals surface area contributed by atoms with Crippen molar-refractivity contribution in [1.29, 1.82) is 0 Å². The number of rotatable bonds is 3. The Morgan fingerprint density at radius 1 is 1.32 bits per heavy atom. The molecule has 6 heteroatoms. The van der Waals surface area contributed by atoms with Crippen molar-refractivity contribution in [2.24, 2.45) is 10.4 Å². The molecule has 0 fully saturated rings. The lowest BCUT2D eigenvalue weighted by Gasteiger charge is -2.34. The molecule has 0 aliphatic rings. The van der Waals surface area contributed by atoms with Gasteiger partial charge in [0.25, 0.3) is 0 Å². The zero-order valence-corrected chi connectivity index (χ0v) is 13.7. The predicted octanol–water partition coefficient (Wildman–Crippen LogP) is 2.76. The molecular formula is C13H25N3O2S. The second-order valence-electron chi connectivity index (χ2n) is 6.36. The Kier molecular flexibility index (Phi) is 5.93. The van der Waals surface area contributed by atoms with Crippen molar-refractivity contribution in [2.45, 2.75) is 46.6 Å². The summed E-state index contributed by atoms with van der Waals surface area (Å²) < 4.78 is 0. The first-order valence-corrected chi connectivity index (χ1v) is 6.56. The second-order valence-corrected chi connectivity index (χ2v) is 6.74. The van der Waals surface area contributed by atoms with Crippen LogP contribution in [-0.4, -0.2) is 46.6 Å². The molecule has 0 saturated carbocycles. The fourth-order valence-electron chi connectivity index (χ4n) is 1.84. The number of hydrogen-bond acceptors (Lipinski definition) is 2. The Labute approximate surface area is 121 Å². The summed E-state index contributed by atoms with van der Waals surface area (Å²) in [6.45, 7) is 9.74. The van der Waals surface area contributed by atoms with Crippen molar-refractivity contribution in [3.8, 4) is 0 Å². The number of carboxylic acid groups (broad SMARTS) is 1. The lowest BCUT2D eigenvalue weighted by atomic mass is 9.80. The molecule has 2 N–H and O–H groups in total. The molecule has 0 aromatic heterocycles. The maximum Gasteiger partial charge on any atom is 0.405 e. The van der Waals surface area contributed by atoms with Crippen molar-refractivity contribution in [3.63, 3.8) is 0 Å². The zero-order valence-electron chi connectivity index (χ0n) is 12.9. The van der Waals surface area contributed by atoms with Gasteiger partial charge in [0.15, 0.2) is 0 Å². The summed E-state index contributed by atoms with van der Waals surface area (Å²) in [5.41, 5.74) is -0.917. The van der Waals surface area contributed by atoms with Crippen LogP contribution in [0.15, 0.2) is 4.99 Å². The highest BCUT2D eigenvalue weighted by molar-refractivity contribution is 7.80. The second kappa shape index (κ2) is 6.32. The monoisotopic (exact) mass is 287 g/mol. The summed E-state index contributed by atoms with van der Waals surface area (Å²) in [6.07, 6.45) is -0.512. The van der Waals surface area contributed by atoms with Crippen LogP contribution in [0.1, 0.15) is 41.0 Å². The molecule has 5 nitrogen and oxygen atoms in total. The van der Waals surface area contributed by atoms with Crippen molar-refractivity contribution < 1.29 is 9.90 Å². The van der Waals surface area contributed by atoms with Gasteiger partial charge in [0, 0.05) is 14.1 Å². The third kappa shape index (κ3) is 6.52. The van der Waals surface area contributed by atoms with Gasteiger partial charge < -0.3 is 15.3 Å². The average molecular weight is 287 g/mol. The van der Waals surface area contributed by atoms with Crippen LogP contribution in [-0.2, 0) is 0 Å². The van der Waals surface area contributed by atoms with E-state index in [9.17, 15) is 4.79 Å². The predicted molar refractivity (Wildman–Crippen MR) is 83.0 cm³/mol. The molecule has 0 radical (unpaired) electrons. The van der Waals surface area contributed by atoms with Crippen LogP contribution in [0.25, 0.3) is 0 Å². The van der Waals surface area contributed by atoms with E-state index in [2.05, 4.69) is 10.3 Å². The van der Waals surface area contributed by atoms with Crippen LogP contribution in [0.5, 0.6) is 0 Å². The van der Waals surface area contributed by atoms with Crippen LogP contribution in [0.4, 0.5) is 4.79 Å². The largest absolute Gasteiger partial charge is 0.465 e. The van der Waals surface area contributed by atoms with Gasteiger partial charge in [-0.15, -0.1) is 0 Å². The van der Waals surface area contributed by atoms with E-state index in [-0.39, 0.29) is 5.41 Å². The molecule has 0 aromatic rings. The van der Waals surface area contributed by atoms with E-state index in [1.165, 1.54) is 0 Å². The summed E-state index contributed by atoms with van der Waals surface area (Å²) in [4.78, 5) is 17.5. The molecule has 0 heterocycles. The smallest absolute Gasteiger partial charge is 0.405 e. The quantitative estimate of drug-likeness (QED) is 0.476. The summed E-state index contributed by atoms with van der Waals surface area (Å²) >= 11 is 5.33. The highest BCUT2D eigenvalue weighted by Gasteiger charge is 2.36. The topological polar surface area (TPSA) is 64.9 Å². The van der Waals surface area contributed by atoms with Gasteiger partial charge in [0.05, 0.1) is 5.54 Å². The van der Waals surface area contributed by atoms with Crippen molar-refractivity contribution in [2.75, 3.05) is 14.1 Å². The SMILES string of the molecule is CC(=NC(=S)C(C)(CC(C)(C)C)NC(=O)O)N(C)C. The van der Waals surface area contributed by atoms with Crippen molar-refractivity contribution in [3.05, 3.63) is 0 Å². The number of carbonyl (C=O) groups is 1. The Hall–Kier alpha value is -1.17. The average Bonchev–Trinajstić information content (AvgIpc) is 2.12. The fourth-order valence-corrected chi connectivity index (χ4v) is 2.10. The van der Waals surface area contributed by atoms with E-state index in [0.29, 0.717) is 11.4 Å². The Bertz CT molecular complexity index is 386. The van der Waals surface area contributed by atoms with Gasteiger partial charge in [-0.2, -0.15) is 0 Å². The standard InChI is InChI=1S/C13H25N3O2S/c1-9(16(6)7)14-10(19)13(5,15-11(17)18)8-12(2,3)4/h15H,8H2,1-7H3,(H,17,18). The van der Waals surface area contributed by atoms with Gasteiger partial charge in [-0.25, -0.2) is 9.79 Å². The Balaban J connectivity index is 5.31. The molecule has 0 aliphatic carbocycles. The summed E-state index contributed by atoms with van der Waals surface area (Å²) in [5.74, 6) is 0.748. The number of nitrogens with one attached hydrogen (secondary N) is 1. The third-order valence-corrected chi connectivity index (χ3v) is 3.19. The van der Waals surface area contributed by atoms with Gasteiger partial charge >= 0.3 is 6.09 Å². The molecule has 0 bridgehead atoms. The Morgan fingerprint density at radius 2 is 1.79 bits per heavy atom. The van der Waals surface area contributed by atoms with Crippen LogP contribution >= 0.6 is 12.2 Å². The normalized spacial score (nSPS) is 15.6. The molecule has 0 aliphatic heterocycles. The number of thiocarbonyl (C=S) groups is 1. The molecular weight excluding hydrogens is 262 g/mol. The molecule has 0 rings (SSSR count). The minimum Gasteiger partial charge on any atom is -0.465 e. The maximum atomic E-state index is 11.0. The molecule has 1 unspecified atom stereocenters. The molecule has 1 amide bonds. The Morgan fingerprint density at radius 3 is 2.11 bits per heavy atom. The summed E-state index contributed by atoms with van der Waals surface area (Å²) in [7, 11) is 3.74. The van der Waals surface area contributed by atoms with Gasteiger partial charge in [-0.1, -0.05) is 33.0 Å². The van der Waals surface area contributed by atoms with Crippen LogP contribution < -0.4 is 5.32 Å². The minimum absolute atomic E-state index is 0.0667. The summed E-state index contributed by atoms with van der Waals surface area (Å²) in [6, 6.07) is 0. The molecule has 1 atom stereocenters. The van der Waals surface area contributed by atoms with E-state index < -0.39 is 11.6 Å². The highest BCUT2D eigenvalue weighted by Crippen LogP contribution is 2.29. The van der Waals surface area contributed by atoms with Gasteiger partial charge in [-0.05, 0) is 25.7 Å². The zero-order chi connectivity index (χ0) is 15.4. The van der Waals surface area contributed by atoms with Crippen LogP contribution in [0.2, 0.25) is 0 Å². The van der Waals surface area contributed by atoms with E-state index in [1.807, 2.05) is 46.7 Å². The molecule has 0 spiro atoms. The minimum atomic E-state index is -1.09. The highest BCUT2D eigenvalue weighted by atomic mass is 32.1. The number of nitrogens with zero attached hydrogens (tertiary/aromatic N) is 2. The third-order valence-electron chi connectivity index (χ3n) is 2.65. The lowest BCUT2D eigenvalue weighted by Crippen LogP contribution is -2.52. The first-order valence-electron chi connectivity index (χ1n) is 6.15. The van der Waals surface area contributed by atoms with Crippen LogP contribution in [0, 0.1) is 5.41 Å². The van der Waals surface area contributed by atoms with Gasteiger partial charge in [0.1, 0.15) is 10.8 Å².